The van der Waals surface area contributed by atoms with E-state index in [0.717, 1.165) is 16.9 Å². The normalized spacial score (nSPS) is 11.4. The zero-order chi connectivity index (χ0) is 21.6. The largest absolute Gasteiger partial charge is 0.496 e. The van der Waals surface area contributed by atoms with Crippen LogP contribution in [0.15, 0.2) is 41.3 Å². The van der Waals surface area contributed by atoms with Crippen LogP contribution in [0.3, 0.4) is 0 Å². The van der Waals surface area contributed by atoms with Gasteiger partial charge in [0.2, 0.25) is 10.0 Å². The number of carbonyl (C=O) groups excluding carboxylic acids is 1. The molecule has 158 valence electrons. The molecule has 0 atom stereocenters. The molecule has 0 bridgehead atoms. The van der Waals surface area contributed by atoms with E-state index in [9.17, 15) is 13.2 Å². The van der Waals surface area contributed by atoms with Gasteiger partial charge in [0, 0.05) is 12.6 Å². The number of aryl methyl sites for hydroxylation is 1. The Balaban J connectivity index is 2.08. The first-order valence-electron chi connectivity index (χ1n) is 9.33. The van der Waals surface area contributed by atoms with Crippen molar-refractivity contribution < 1.29 is 22.7 Å². The van der Waals surface area contributed by atoms with Crippen molar-refractivity contribution in [2.75, 3.05) is 20.3 Å². The molecule has 0 spiro atoms. The predicted octanol–water partition coefficient (Wildman–Crippen LogP) is 2.81. The van der Waals surface area contributed by atoms with Gasteiger partial charge in [0.05, 0.1) is 17.6 Å². The second-order valence-electron chi connectivity index (χ2n) is 6.93. The first-order valence-corrected chi connectivity index (χ1v) is 10.8. The SMILES string of the molecule is COc1ccc(S(=O)(=O)NCCOc2cccc(C)c2C)cc1C(=O)NC(C)C. The molecule has 0 heterocycles. The van der Waals surface area contributed by atoms with Crippen molar-refractivity contribution in [3.05, 3.63) is 53.1 Å². The van der Waals surface area contributed by atoms with Gasteiger partial charge in [0.15, 0.2) is 0 Å². The van der Waals surface area contributed by atoms with Gasteiger partial charge in [-0.1, -0.05) is 12.1 Å². The molecule has 0 unspecified atom stereocenters. The van der Waals surface area contributed by atoms with E-state index in [0.29, 0.717) is 5.75 Å². The fourth-order valence-electron chi connectivity index (χ4n) is 2.67. The summed E-state index contributed by atoms with van der Waals surface area (Å²) in [6.07, 6.45) is 0. The molecule has 2 N–H and O–H groups in total. The molecule has 2 rings (SSSR count). The van der Waals surface area contributed by atoms with E-state index in [1.54, 1.807) is 0 Å². The minimum Gasteiger partial charge on any atom is -0.496 e. The van der Waals surface area contributed by atoms with Crippen LogP contribution < -0.4 is 19.5 Å². The summed E-state index contributed by atoms with van der Waals surface area (Å²) in [7, 11) is -2.38. The number of rotatable bonds is 9. The number of ether oxygens (including phenoxy) is 2. The molecule has 0 radical (unpaired) electrons. The number of carbonyl (C=O) groups is 1. The fraction of sp³-hybridized carbons (Fsp3) is 0.381. The van der Waals surface area contributed by atoms with Gasteiger partial charge in [-0.05, 0) is 63.1 Å². The van der Waals surface area contributed by atoms with Crippen LogP contribution in [-0.4, -0.2) is 40.6 Å². The molecule has 0 aliphatic heterocycles. The Labute approximate surface area is 172 Å². The second kappa shape index (κ2) is 9.76. The molecule has 0 aromatic heterocycles. The lowest BCUT2D eigenvalue weighted by Gasteiger charge is -2.14. The highest BCUT2D eigenvalue weighted by Gasteiger charge is 2.20. The third-order valence-corrected chi connectivity index (χ3v) is 5.81. The minimum absolute atomic E-state index is 0.0149. The van der Waals surface area contributed by atoms with E-state index in [-0.39, 0.29) is 29.7 Å². The van der Waals surface area contributed by atoms with Gasteiger partial charge in [-0.25, -0.2) is 13.1 Å². The molecule has 8 heteroatoms. The highest BCUT2D eigenvalue weighted by atomic mass is 32.2. The van der Waals surface area contributed by atoms with Crippen molar-refractivity contribution in [2.45, 2.75) is 38.6 Å². The summed E-state index contributed by atoms with van der Waals surface area (Å²) >= 11 is 0. The number of sulfonamides is 1. The Morgan fingerprint density at radius 1 is 1.10 bits per heavy atom. The van der Waals surface area contributed by atoms with Crippen LogP contribution in [0.1, 0.15) is 35.3 Å². The van der Waals surface area contributed by atoms with Gasteiger partial charge in [-0.15, -0.1) is 0 Å². The van der Waals surface area contributed by atoms with Crippen molar-refractivity contribution in [1.82, 2.24) is 10.0 Å². The van der Waals surface area contributed by atoms with Crippen molar-refractivity contribution in [2.24, 2.45) is 0 Å². The lowest BCUT2D eigenvalue weighted by Crippen LogP contribution is -2.31. The lowest BCUT2D eigenvalue weighted by molar-refractivity contribution is 0.0940. The molecule has 29 heavy (non-hydrogen) atoms. The summed E-state index contributed by atoms with van der Waals surface area (Å²) < 4.78 is 38.6. The molecule has 1 amide bonds. The molecule has 0 aliphatic rings. The number of amides is 1. The second-order valence-corrected chi connectivity index (χ2v) is 8.70. The maximum Gasteiger partial charge on any atom is 0.255 e. The number of benzene rings is 2. The van der Waals surface area contributed by atoms with Crippen LogP contribution in [0, 0.1) is 13.8 Å². The highest BCUT2D eigenvalue weighted by Crippen LogP contribution is 2.23. The molecule has 2 aromatic carbocycles. The van der Waals surface area contributed by atoms with Crippen molar-refractivity contribution in [3.63, 3.8) is 0 Å². The molecule has 2 aromatic rings. The first-order chi connectivity index (χ1) is 13.7. The summed E-state index contributed by atoms with van der Waals surface area (Å²) in [5.41, 5.74) is 2.29. The molecular formula is C21H28N2O5S. The van der Waals surface area contributed by atoms with E-state index < -0.39 is 15.9 Å². The van der Waals surface area contributed by atoms with Gasteiger partial charge in [-0.3, -0.25) is 4.79 Å². The van der Waals surface area contributed by atoms with Gasteiger partial charge >= 0.3 is 0 Å². The van der Waals surface area contributed by atoms with Crippen LogP contribution in [0.2, 0.25) is 0 Å². The van der Waals surface area contributed by atoms with Gasteiger partial charge in [0.1, 0.15) is 18.1 Å². The van der Waals surface area contributed by atoms with Gasteiger partial charge in [0.25, 0.3) is 5.91 Å². The number of methoxy groups -OCH3 is 1. The number of hydrogen-bond acceptors (Lipinski definition) is 5. The fourth-order valence-corrected chi connectivity index (χ4v) is 3.71. The summed E-state index contributed by atoms with van der Waals surface area (Å²) in [6.45, 7) is 7.86. The maximum absolute atomic E-state index is 12.6. The van der Waals surface area contributed by atoms with Crippen LogP contribution in [0.5, 0.6) is 11.5 Å². The first kappa shape index (κ1) is 22.7. The average Bonchev–Trinajstić information content (AvgIpc) is 2.67. The van der Waals surface area contributed by atoms with Crippen molar-refractivity contribution >= 4 is 15.9 Å². The zero-order valence-corrected chi connectivity index (χ0v) is 18.2. The molecule has 0 fully saturated rings. The average molecular weight is 421 g/mol. The van der Waals surface area contributed by atoms with Gasteiger partial charge < -0.3 is 14.8 Å². The number of nitrogens with one attached hydrogen (secondary N) is 2. The van der Waals surface area contributed by atoms with Crippen LogP contribution in [0.4, 0.5) is 0 Å². The Hall–Kier alpha value is -2.58. The highest BCUT2D eigenvalue weighted by molar-refractivity contribution is 7.89. The zero-order valence-electron chi connectivity index (χ0n) is 17.4. The summed E-state index contributed by atoms with van der Waals surface area (Å²) in [6, 6.07) is 9.82. The summed E-state index contributed by atoms with van der Waals surface area (Å²) in [5, 5.41) is 2.74. The standard InChI is InChI=1S/C21H28N2O5S/c1-14(2)23-21(24)18-13-17(9-10-20(18)27-5)29(25,26)22-11-12-28-19-8-6-7-15(3)16(19)4/h6-10,13-14,22H,11-12H2,1-5H3,(H,23,24). The smallest absolute Gasteiger partial charge is 0.255 e. The Bertz CT molecular complexity index is 971. The predicted molar refractivity (Wildman–Crippen MR) is 112 cm³/mol. The van der Waals surface area contributed by atoms with E-state index in [1.165, 1.54) is 25.3 Å². The van der Waals surface area contributed by atoms with Crippen molar-refractivity contribution in [3.8, 4) is 11.5 Å². The van der Waals surface area contributed by atoms with E-state index >= 15 is 0 Å². The summed E-state index contributed by atoms with van der Waals surface area (Å²) in [5.74, 6) is 0.633. The van der Waals surface area contributed by atoms with Gasteiger partial charge in [-0.2, -0.15) is 0 Å². The topological polar surface area (TPSA) is 93.7 Å². The van der Waals surface area contributed by atoms with Crippen LogP contribution in [-0.2, 0) is 10.0 Å². The molecule has 7 nitrogen and oxygen atoms in total. The lowest BCUT2D eigenvalue weighted by atomic mass is 10.1. The van der Waals surface area contributed by atoms with Crippen molar-refractivity contribution in [1.29, 1.82) is 0 Å². The van der Waals surface area contributed by atoms with Crippen LogP contribution >= 0.6 is 0 Å². The third-order valence-electron chi connectivity index (χ3n) is 4.35. The van der Waals surface area contributed by atoms with E-state index in [2.05, 4.69) is 10.0 Å². The monoisotopic (exact) mass is 420 g/mol. The quantitative estimate of drug-likeness (QED) is 0.609. The molecular weight excluding hydrogens is 392 g/mol. The Morgan fingerprint density at radius 2 is 1.83 bits per heavy atom. The molecule has 0 saturated heterocycles. The van der Waals surface area contributed by atoms with Crippen LogP contribution in [0.25, 0.3) is 0 Å². The minimum atomic E-state index is -3.81. The third kappa shape index (κ3) is 5.95. The summed E-state index contributed by atoms with van der Waals surface area (Å²) in [4.78, 5) is 12.3. The maximum atomic E-state index is 12.6. The molecule has 0 saturated carbocycles. The van der Waals surface area contributed by atoms with E-state index in [4.69, 9.17) is 9.47 Å². The van der Waals surface area contributed by atoms with E-state index in [1.807, 2.05) is 45.9 Å². The Morgan fingerprint density at radius 3 is 2.48 bits per heavy atom. The number of hydrogen-bond donors (Lipinski definition) is 2. The Kier molecular flexibility index (Phi) is 7.64. The molecule has 0 aliphatic carbocycles.